The van der Waals surface area contributed by atoms with Gasteiger partial charge in [0.2, 0.25) is 0 Å². The van der Waals surface area contributed by atoms with Gasteiger partial charge in [-0.3, -0.25) is 0 Å². The van der Waals surface area contributed by atoms with Crippen molar-refractivity contribution < 1.29 is 8.42 Å². The van der Waals surface area contributed by atoms with E-state index in [0.717, 1.165) is 5.56 Å². The molecule has 15 heavy (non-hydrogen) atoms. The lowest BCUT2D eigenvalue weighted by Crippen LogP contribution is -2.15. The molecule has 0 aliphatic carbocycles. The van der Waals surface area contributed by atoms with Gasteiger partial charge in [0, 0.05) is 11.7 Å². The topological polar surface area (TPSA) is 34.1 Å². The van der Waals surface area contributed by atoms with Gasteiger partial charge in [0.15, 0.2) is 9.84 Å². The van der Waals surface area contributed by atoms with Crippen LogP contribution in [0.15, 0.2) is 29.2 Å². The SMILES string of the molecule is CC(C)SC1Cc2ccccc2S1(=O)=O. The van der Waals surface area contributed by atoms with Gasteiger partial charge in [0.05, 0.1) is 4.90 Å². The number of benzene rings is 1. The summed E-state index contributed by atoms with van der Waals surface area (Å²) in [6.45, 7) is 4.06. The summed E-state index contributed by atoms with van der Waals surface area (Å²) in [7, 11) is -3.08. The van der Waals surface area contributed by atoms with Gasteiger partial charge >= 0.3 is 0 Å². The third kappa shape index (κ3) is 1.93. The number of rotatable bonds is 2. The van der Waals surface area contributed by atoms with Crippen molar-refractivity contribution in [3.05, 3.63) is 29.8 Å². The number of sulfone groups is 1. The fourth-order valence-electron chi connectivity index (χ4n) is 1.81. The molecule has 1 aliphatic rings. The lowest BCUT2D eigenvalue weighted by molar-refractivity contribution is 0.597. The first-order valence-corrected chi connectivity index (χ1v) is 7.48. The van der Waals surface area contributed by atoms with Crippen LogP contribution in [0.25, 0.3) is 0 Å². The molecule has 0 saturated carbocycles. The molecule has 0 amide bonds. The quantitative estimate of drug-likeness (QED) is 0.799. The normalized spacial score (nSPS) is 23.0. The molecule has 0 spiro atoms. The van der Waals surface area contributed by atoms with Crippen LogP contribution in [0.1, 0.15) is 19.4 Å². The Labute approximate surface area is 95.0 Å². The monoisotopic (exact) mass is 242 g/mol. The van der Waals surface area contributed by atoms with Crippen LogP contribution in [-0.4, -0.2) is 18.2 Å². The molecule has 0 aromatic heterocycles. The van der Waals surface area contributed by atoms with Crippen LogP contribution in [0.2, 0.25) is 0 Å². The van der Waals surface area contributed by atoms with E-state index >= 15 is 0 Å². The van der Waals surface area contributed by atoms with Crippen LogP contribution < -0.4 is 0 Å². The fraction of sp³-hybridized carbons (Fsp3) is 0.455. The van der Waals surface area contributed by atoms with Gasteiger partial charge in [-0.2, -0.15) is 0 Å². The Hall–Kier alpha value is -0.480. The molecule has 0 fully saturated rings. The zero-order valence-electron chi connectivity index (χ0n) is 8.80. The average molecular weight is 242 g/mol. The minimum Gasteiger partial charge on any atom is -0.223 e. The van der Waals surface area contributed by atoms with Crippen molar-refractivity contribution in [2.24, 2.45) is 0 Å². The molecular formula is C11H14O2S2. The fourth-order valence-corrected chi connectivity index (χ4v) is 5.72. The lowest BCUT2D eigenvalue weighted by atomic mass is 10.2. The molecule has 1 aromatic carbocycles. The van der Waals surface area contributed by atoms with Crippen molar-refractivity contribution in [1.82, 2.24) is 0 Å². The summed E-state index contributed by atoms with van der Waals surface area (Å²) >= 11 is 1.54. The Balaban J connectivity index is 2.39. The summed E-state index contributed by atoms with van der Waals surface area (Å²) in [5, 5.41) is 0.346. The molecule has 1 atom stereocenters. The lowest BCUT2D eigenvalue weighted by Gasteiger charge is -2.11. The van der Waals surface area contributed by atoms with E-state index in [9.17, 15) is 8.42 Å². The van der Waals surface area contributed by atoms with Crippen LogP contribution in [0, 0.1) is 0 Å². The van der Waals surface area contributed by atoms with E-state index in [1.807, 2.05) is 26.0 Å². The van der Waals surface area contributed by atoms with Gasteiger partial charge in [-0.25, -0.2) is 8.42 Å². The van der Waals surface area contributed by atoms with E-state index in [0.29, 0.717) is 16.6 Å². The van der Waals surface area contributed by atoms with Crippen LogP contribution in [0.5, 0.6) is 0 Å². The number of hydrogen-bond acceptors (Lipinski definition) is 3. The second kappa shape index (κ2) is 3.83. The van der Waals surface area contributed by atoms with Crippen molar-refractivity contribution in [1.29, 1.82) is 0 Å². The summed E-state index contributed by atoms with van der Waals surface area (Å²) in [4.78, 5) is 0.531. The van der Waals surface area contributed by atoms with E-state index in [-0.39, 0.29) is 4.58 Å². The summed E-state index contributed by atoms with van der Waals surface area (Å²) in [5.74, 6) is 0. The van der Waals surface area contributed by atoms with Crippen LogP contribution in [-0.2, 0) is 16.3 Å². The Morgan fingerprint density at radius 3 is 2.60 bits per heavy atom. The Bertz CT molecular complexity index is 463. The number of fused-ring (bicyclic) bond motifs is 1. The minimum atomic E-state index is -3.08. The maximum atomic E-state index is 12.1. The first-order valence-electron chi connectivity index (χ1n) is 4.99. The second-order valence-corrected chi connectivity index (χ2v) is 8.15. The molecular weight excluding hydrogens is 228 g/mol. The zero-order chi connectivity index (χ0) is 11.1. The van der Waals surface area contributed by atoms with Gasteiger partial charge in [0.25, 0.3) is 0 Å². The zero-order valence-corrected chi connectivity index (χ0v) is 10.4. The first-order chi connectivity index (χ1) is 7.01. The first kappa shape index (κ1) is 11.0. The van der Waals surface area contributed by atoms with Gasteiger partial charge < -0.3 is 0 Å². The Morgan fingerprint density at radius 1 is 1.33 bits per heavy atom. The summed E-state index contributed by atoms with van der Waals surface area (Å²) < 4.78 is 23.9. The summed E-state index contributed by atoms with van der Waals surface area (Å²) in [6, 6.07) is 7.31. The highest BCUT2D eigenvalue weighted by Gasteiger charge is 2.37. The summed E-state index contributed by atoms with van der Waals surface area (Å²) in [6.07, 6.45) is 0.654. The maximum absolute atomic E-state index is 12.1. The second-order valence-electron chi connectivity index (χ2n) is 3.97. The molecule has 2 nitrogen and oxygen atoms in total. The molecule has 0 radical (unpaired) electrons. The predicted molar refractivity (Wildman–Crippen MR) is 63.8 cm³/mol. The molecule has 1 aromatic rings. The molecule has 1 heterocycles. The number of hydrogen-bond donors (Lipinski definition) is 0. The minimum absolute atomic E-state index is 0.283. The van der Waals surface area contributed by atoms with E-state index < -0.39 is 9.84 Å². The van der Waals surface area contributed by atoms with Gasteiger partial charge in [-0.1, -0.05) is 32.0 Å². The van der Waals surface area contributed by atoms with Crippen LogP contribution in [0.4, 0.5) is 0 Å². The maximum Gasteiger partial charge on any atom is 0.191 e. The molecule has 0 saturated heterocycles. The van der Waals surface area contributed by atoms with Crippen molar-refractivity contribution in [2.45, 2.75) is 35.0 Å². The van der Waals surface area contributed by atoms with E-state index in [1.165, 1.54) is 11.8 Å². The number of thioether (sulfide) groups is 1. The van der Waals surface area contributed by atoms with E-state index in [2.05, 4.69) is 0 Å². The average Bonchev–Trinajstić information content (AvgIpc) is 2.39. The highest BCUT2D eigenvalue weighted by molar-refractivity contribution is 8.14. The molecule has 82 valence electrons. The van der Waals surface area contributed by atoms with Gasteiger partial charge in [-0.05, 0) is 11.6 Å². The standard InChI is InChI=1S/C11H14O2S2/c1-8(2)14-11-7-9-5-3-4-6-10(9)15(11,12)13/h3-6,8,11H,7H2,1-2H3. The van der Waals surface area contributed by atoms with Gasteiger partial charge in [0.1, 0.15) is 4.58 Å². The molecule has 4 heteroatoms. The highest BCUT2D eigenvalue weighted by atomic mass is 32.3. The van der Waals surface area contributed by atoms with Crippen molar-refractivity contribution in [2.75, 3.05) is 0 Å². The molecule has 1 aliphatic heterocycles. The van der Waals surface area contributed by atoms with Crippen molar-refractivity contribution >= 4 is 21.6 Å². The summed E-state index contributed by atoms with van der Waals surface area (Å²) in [5.41, 5.74) is 0.968. The molecule has 2 rings (SSSR count). The van der Waals surface area contributed by atoms with Gasteiger partial charge in [-0.15, -0.1) is 11.8 Å². The van der Waals surface area contributed by atoms with Crippen molar-refractivity contribution in [3.63, 3.8) is 0 Å². The van der Waals surface area contributed by atoms with E-state index in [1.54, 1.807) is 12.1 Å². The molecule has 1 unspecified atom stereocenters. The predicted octanol–water partition coefficient (Wildman–Crippen LogP) is 2.48. The molecule has 0 bridgehead atoms. The third-order valence-corrected chi connectivity index (χ3v) is 6.41. The largest absolute Gasteiger partial charge is 0.223 e. The smallest absolute Gasteiger partial charge is 0.191 e. The Kier molecular flexibility index (Phi) is 2.81. The van der Waals surface area contributed by atoms with Crippen molar-refractivity contribution in [3.8, 4) is 0 Å². The van der Waals surface area contributed by atoms with E-state index in [4.69, 9.17) is 0 Å². The highest BCUT2D eigenvalue weighted by Crippen LogP contribution is 2.38. The Morgan fingerprint density at radius 2 is 2.00 bits per heavy atom. The van der Waals surface area contributed by atoms with Crippen LogP contribution >= 0.6 is 11.8 Å². The molecule has 0 N–H and O–H groups in total. The van der Waals surface area contributed by atoms with Crippen LogP contribution in [0.3, 0.4) is 0 Å². The third-order valence-electron chi connectivity index (χ3n) is 2.44.